The first-order valence-corrected chi connectivity index (χ1v) is 14.8. The lowest BCUT2D eigenvalue weighted by Gasteiger charge is -2.30. The zero-order valence-electron chi connectivity index (χ0n) is 24.1. The third-order valence-corrected chi connectivity index (χ3v) is 8.80. The summed E-state index contributed by atoms with van der Waals surface area (Å²) in [5.74, 6) is -0.985. The van der Waals surface area contributed by atoms with E-state index in [1.165, 1.54) is 24.4 Å². The summed E-state index contributed by atoms with van der Waals surface area (Å²) in [4.78, 5) is 15.6. The molecule has 2 aromatic carbocycles. The first kappa shape index (κ1) is 28.3. The summed E-state index contributed by atoms with van der Waals surface area (Å²) in [7, 11) is 0. The van der Waals surface area contributed by atoms with Crippen LogP contribution >= 0.6 is 0 Å². The predicted octanol–water partition coefficient (Wildman–Crippen LogP) is 5.12. The van der Waals surface area contributed by atoms with Crippen molar-refractivity contribution in [3.8, 4) is 23.0 Å². The number of hydrogen-bond donors (Lipinski definition) is 3. The van der Waals surface area contributed by atoms with E-state index in [1.54, 1.807) is 12.3 Å². The van der Waals surface area contributed by atoms with Crippen LogP contribution in [0.15, 0.2) is 36.7 Å². The standard InChI is InChI=1S/C31H31F3N8O2/c1-2-21-24(33)5-4-17-10-20(43)11-22(25(17)21)27-26(34)28-23(14-36-27)29(35-8-6-19-13-37-41-40-19)39-30(38-28)44-16-31-7-3-9-42(31)15-18(32)12-31/h4-5,10-11,13-14,18,43H,2-3,6-9,12,15-16H2,1H3,(H,35,38,39)(H,37,40,41)/t18-,31+/m1/s1. The molecule has 0 bridgehead atoms. The summed E-state index contributed by atoms with van der Waals surface area (Å²) >= 11 is 0. The number of anilines is 1. The number of aromatic nitrogens is 6. The first-order chi connectivity index (χ1) is 21.3. The van der Waals surface area contributed by atoms with E-state index in [0.717, 1.165) is 25.1 Å². The summed E-state index contributed by atoms with van der Waals surface area (Å²) < 4.78 is 51.9. The van der Waals surface area contributed by atoms with Crippen molar-refractivity contribution in [1.82, 2.24) is 35.3 Å². The number of pyridine rings is 1. The number of benzene rings is 2. The van der Waals surface area contributed by atoms with Crippen LogP contribution in [-0.2, 0) is 12.8 Å². The Labute approximate surface area is 250 Å². The number of alkyl halides is 1. The Morgan fingerprint density at radius 1 is 1.23 bits per heavy atom. The van der Waals surface area contributed by atoms with E-state index >= 15 is 4.39 Å². The molecule has 2 saturated heterocycles. The molecule has 0 amide bonds. The quantitative estimate of drug-likeness (QED) is 0.210. The maximum atomic E-state index is 16.6. The van der Waals surface area contributed by atoms with Gasteiger partial charge in [0.05, 0.1) is 16.6 Å². The van der Waals surface area contributed by atoms with Gasteiger partial charge in [0.1, 0.15) is 41.4 Å². The molecule has 2 aliphatic rings. The van der Waals surface area contributed by atoms with Crippen molar-refractivity contribution >= 4 is 27.5 Å². The maximum absolute atomic E-state index is 16.6. The zero-order chi connectivity index (χ0) is 30.4. The van der Waals surface area contributed by atoms with E-state index in [1.807, 2.05) is 6.92 Å². The summed E-state index contributed by atoms with van der Waals surface area (Å²) in [6.07, 6.45) is 5.20. The minimum Gasteiger partial charge on any atom is -0.508 e. The van der Waals surface area contributed by atoms with Gasteiger partial charge >= 0.3 is 6.01 Å². The van der Waals surface area contributed by atoms with Gasteiger partial charge in [-0.15, -0.1) is 5.10 Å². The number of halogens is 3. The van der Waals surface area contributed by atoms with Crippen LogP contribution in [0.25, 0.3) is 32.9 Å². The minimum absolute atomic E-state index is 0.0505. The summed E-state index contributed by atoms with van der Waals surface area (Å²) in [5.41, 5.74) is 0.790. The highest BCUT2D eigenvalue weighted by molar-refractivity contribution is 6.01. The van der Waals surface area contributed by atoms with Crippen molar-refractivity contribution in [3.05, 3.63) is 59.6 Å². The van der Waals surface area contributed by atoms with Crippen molar-refractivity contribution < 1.29 is 23.0 Å². The number of ether oxygens (including phenoxy) is 1. The Bertz CT molecular complexity index is 1850. The lowest BCUT2D eigenvalue weighted by molar-refractivity contribution is 0.107. The minimum atomic E-state index is -0.925. The Morgan fingerprint density at radius 2 is 2.11 bits per heavy atom. The van der Waals surface area contributed by atoms with Crippen molar-refractivity contribution in [1.29, 1.82) is 0 Å². The van der Waals surface area contributed by atoms with Gasteiger partial charge in [0, 0.05) is 43.9 Å². The molecule has 10 nitrogen and oxygen atoms in total. The number of nitrogens with one attached hydrogen (secondary N) is 2. The van der Waals surface area contributed by atoms with E-state index < -0.39 is 23.3 Å². The number of aryl methyl sites for hydroxylation is 1. The molecule has 3 N–H and O–H groups in total. The highest BCUT2D eigenvalue weighted by Gasteiger charge is 2.49. The third-order valence-electron chi connectivity index (χ3n) is 8.80. The molecule has 0 unspecified atom stereocenters. The Kier molecular flexibility index (Phi) is 7.19. The topological polar surface area (TPSA) is 125 Å². The van der Waals surface area contributed by atoms with Crippen LogP contribution in [0, 0.1) is 11.6 Å². The van der Waals surface area contributed by atoms with E-state index in [9.17, 15) is 13.9 Å². The van der Waals surface area contributed by atoms with E-state index in [4.69, 9.17) is 4.74 Å². The summed E-state index contributed by atoms with van der Waals surface area (Å²) in [6.45, 7) is 3.57. The van der Waals surface area contributed by atoms with E-state index in [0.29, 0.717) is 59.9 Å². The van der Waals surface area contributed by atoms with Gasteiger partial charge in [0.25, 0.3) is 0 Å². The van der Waals surface area contributed by atoms with Crippen molar-refractivity contribution in [2.24, 2.45) is 0 Å². The van der Waals surface area contributed by atoms with Crippen LogP contribution in [0.4, 0.5) is 19.0 Å². The lowest BCUT2D eigenvalue weighted by atomic mass is 9.94. The second-order valence-electron chi connectivity index (χ2n) is 11.5. The fourth-order valence-electron chi connectivity index (χ4n) is 6.76. The maximum Gasteiger partial charge on any atom is 0.319 e. The van der Waals surface area contributed by atoms with Crippen LogP contribution in [0.5, 0.6) is 11.8 Å². The molecule has 2 fully saturated rings. The number of nitrogens with zero attached hydrogens (tertiary/aromatic N) is 6. The molecule has 44 heavy (non-hydrogen) atoms. The Hall–Kier alpha value is -4.52. The summed E-state index contributed by atoms with van der Waals surface area (Å²) in [5, 5.41) is 25.4. The van der Waals surface area contributed by atoms with Gasteiger partial charge in [-0.2, -0.15) is 9.97 Å². The van der Waals surface area contributed by atoms with Crippen molar-refractivity contribution in [3.63, 3.8) is 0 Å². The fraction of sp³-hybridized carbons (Fsp3) is 0.387. The van der Waals surface area contributed by atoms with E-state index in [-0.39, 0.29) is 35.1 Å². The van der Waals surface area contributed by atoms with Crippen LogP contribution in [-0.4, -0.2) is 78.3 Å². The highest BCUT2D eigenvalue weighted by Crippen LogP contribution is 2.41. The van der Waals surface area contributed by atoms with Crippen LogP contribution < -0.4 is 10.1 Å². The average Bonchev–Trinajstić information content (AvgIpc) is 3.73. The second kappa shape index (κ2) is 11.2. The van der Waals surface area contributed by atoms with Gasteiger partial charge in [0.15, 0.2) is 5.82 Å². The normalized spacial score (nSPS) is 20.0. The number of phenols is 1. The van der Waals surface area contributed by atoms with Gasteiger partial charge in [-0.1, -0.05) is 18.2 Å². The van der Waals surface area contributed by atoms with Gasteiger partial charge in [-0.3, -0.25) is 15.0 Å². The molecule has 2 atom stereocenters. The molecule has 2 aliphatic heterocycles. The van der Waals surface area contributed by atoms with E-state index in [2.05, 4.69) is 40.6 Å². The SMILES string of the molecule is CCc1c(F)ccc2cc(O)cc(-c3ncc4c(NCCc5c[nH]nn5)nc(OC[C@@]56CCCN5C[C@H](F)C6)nc4c3F)c12. The van der Waals surface area contributed by atoms with Crippen LogP contribution in [0.1, 0.15) is 37.4 Å². The molecule has 5 heterocycles. The number of aromatic hydroxyl groups is 1. The first-order valence-electron chi connectivity index (χ1n) is 14.8. The molecule has 7 rings (SSSR count). The third kappa shape index (κ3) is 4.94. The molecular formula is C31H31F3N8O2. The second-order valence-corrected chi connectivity index (χ2v) is 11.5. The molecular weight excluding hydrogens is 573 g/mol. The van der Waals surface area contributed by atoms with Gasteiger partial charge in [-0.25, -0.2) is 13.2 Å². The Balaban J connectivity index is 1.32. The predicted molar refractivity (Wildman–Crippen MR) is 158 cm³/mol. The molecule has 0 spiro atoms. The monoisotopic (exact) mass is 604 g/mol. The number of phenolic OH excluding ortho intramolecular Hbond substituents is 1. The fourth-order valence-corrected chi connectivity index (χ4v) is 6.76. The van der Waals surface area contributed by atoms with Gasteiger partial charge in [-0.05, 0) is 60.3 Å². The Morgan fingerprint density at radius 3 is 2.93 bits per heavy atom. The number of fused-ring (bicyclic) bond motifs is 3. The van der Waals surface area contributed by atoms with Crippen LogP contribution in [0.3, 0.4) is 0 Å². The number of aromatic amines is 1. The lowest BCUT2D eigenvalue weighted by Crippen LogP contribution is -2.43. The molecule has 228 valence electrons. The molecule has 13 heteroatoms. The van der Waals surface area contributed by atoms with Gasteiger partial charge < -0.3 is 15.2 Å². The number of H-pyrrole nitrogens is 1. The average molecular weight is 605 g/mol. The zero-order valence-corrected chi connectivity index (χ0v) is 24.1. The van der Waals surface area contributed by atoms with Gasteiger partial charge in [0.2, 0.25) is 0 Å². The summed E-state index contributed by atoms with van der Waals surface area (Å²) in [6, 6.07) is 5.73. The smallest absolute Gasteiger partial charge is 0.319 e. The molecule has 3 aromatic heterocycles. The van der Waals surface area contributed by atoms with Crippen LogP contribution in [0.2, 0.25) is 0 Å². The number of rotatable bonds is 9. The molecule has 0 aliphatic carbocycles. The largest absolute Gasteiger partial charge is 0.508 e. The number of hydrogen-bond acceptors (Lipinski definition) is 9. The molecule has 0 saturated carbocycles. The molecule has 0 radical (unpaired) electrons. The van der Waals surface area contributed by atoms with Crippen molar-refractivity contribution in [2.45, 2.75) is 50.7 Å². The molecule has 5 aromatic rings. The highest BCUT2D eigenvalue weighted by atomic mass is 19.1. The van der Waals surface area contributed by atoms with Crippen molar-refractivity contribution in [2.75, 3.05) is 31.6 Å².